The van der Waals surface area contributed by atoms with Gasteiger partial charge in [-0.1, -0.05) is 30.3 Å². The van der Waals surface area contributed by atoms with E-state index in [4.69, 9.17) is 5.26 Å². The molecule has 1 heterocycles. The van der Waals surface area contributed by atoms with Crippen LogP contribution in [0.15, 0.2) is 54.6 Å². The lowest BCUT2D eigenvalue weighted by Crippen LogP contribution is -2.52. The first-order chi connectivity index (χ1) is 12.3. The topological polar surface area (TPSA) is 59.4 Å². The molecule has 128 valence electrons. The Hall–Kier alpha value is -3.00. The number of urea groups is 1. The van der Waals surface area contributed by atoms with Crippen LogP contribution in [0, 0.1) is 11.3 Å². The van der Waals surface area contributed by atoms with Gasteiger partial charge < -0.3 is 15.1 Å². The molecule has 2 aromatic rings. The number of hydrogen-bond donors (Lipinski definition) is 1. The molecule has 1 aliphatic rings. The fourth-order valence-electron chi connectivity index (χ4n) is 2.98. The number of amides is 2. The van der Waals surface area contributed by atoms with Crippen molar-refractivity contribution >= 4 is 11.7 Å². The maximum atomic E-state index is 12.3. The van der Waals surface area contributed by atoms with Crippen molar-refractivity contribution in [3.63, 3.8) is 0 Å². The van der Waals surface area contributed by atoms with Crippen LogP contribution in [-0.4, -0.2) is 43.7 Å². The van der Waals surface area contributed by atoms with Crippen molar-refractivity contribution in [3.05, 3.63) is 65.7 Å². The van der Waals surface area contributed by atoms with Crippen LogP contribution in [0.1, 0.15) is 11.1 Å². The fourth-order valence-corrected chi connectivity index (χ4v) is 2.98. The molecule has 0 radical (unpaired) electrons. The highest BCUT2D eigenvalue weighted by Crippen LogP contribution is 2.17. The molecule has 5 nitrogen and oxygen atoms in total. The molecule has 2 aromatic carbocycles. The van der Waals surface area contributed by atoms with E-state index in [1.54, 1.807) is 0 Å². The summed E-state index contributed by atoms with van der Waals surface area (Å²) in [6.07, 6.45) is 0.845. The van der Waals surface area contributed by atoms with E-state index in [9.17, 15) is 4.79 Å². The summed E-state index contributed by atoms with van der Waals surface area (Å²) in [5, 5.41) is 11.9. The number of nitrogens with one attached hydrogen (secondary N) is 1. The van der Waals surface area contributed by atoms with Gasteiger partial charge in [-0.05, 0) is 36.2 Å². The lowest BCUT2D eigenvalue weighted by atomic mass is 10.1. The minimum Gasteiger partial charge on any atom is -0.368 e. The standard InChI is InChI=1S/C20H22N4O/c21-16-18-6-8-19(9-7-18)23-12-14-24(15-13-23)20(25)22-11-10-17-4-2-1-3-5-17/h1-9H,10-15H2,(H,22,25). The minimum absolute atomic E-state index is 0.00964. The molecule has 2 amide bonds. The molecule has 1 aliphatic heterocycles. The molecule has 5 heteroatoms. The molecule has 1 N–H and O–H groups in total. The molecule has 25 heavy (non-hydrogen) atoms. The predicted octanol–water partition coefficient (Wildman–Crippen LogP) is 2.63. The highest BCUT2D eigenvalue weighted by molar-refractivity contribution is 5.74. The SMILES string of the molecule is N#Cc1ccc(N2CCN(C(=O)NCCc3ccccc3)CC2)cc1. The zero-order valence-corrected chi connectivity index (χ0v) is 14.2. The second-order valence-electron chi connectivity index (χ2n) is 6.10. The summed E-state index contributed by atoms with van der Waals surface area (Å²) >= 11 is 0. The second-order valence-corrected chi connectivity index (χ2v) is 6.10. The smallest absolute Gasteiger partial charge is 0.317 e. The Bertz CT molecular complexity index is 729. The number of carbonyl (C=O) groups is 1. The molecule has 1 saturated heterocycles. The quantitative estimate of drug-likeness (QED) is 0.935. The summed E-state index contributed by atoms with van der Waals surface area (Å²) in [6.45, 7) is 3.67. The molecule has 0 aromatic heterocycles. The van der Waals surface area contributed by atoms with Gasteiger partial charge in [0.15, 0.2) is 0 Å². The highest BCUT2D eigenvalue weighted by atomic mass is 16.2. The van der Waals surface area contributed by atoms with Gasteiger partial charge in [0.1, 0.15) is 0 Å². The van der Waals surface area contributed by atoms with Crippen molar-refractivity contribution in [2.75, 3.05) is 37.6 Å². The maximum Gasteiger partial charge on any atom is 0.317 e. The van der Waals surface area contributed by atoms with Crippen LogP contribution in [0.5, 0.6) is 0 Å². The number of rotatable bonds is 4. The molecule has 0 atom stereocenters. The molecule has 0 aliphatic carbocycles. The van der Waals surface area contributed by atoms with E-state index in [-0.39, 0.29) is 6.03 Å². The molecule has 3 rings (SSSR count). The largest absolute Gasteiger partial charge is 0.368 e. The van der Waals surface area contributed by atoms with Crippen LogP contribution in [-0.2, 0) is 6.42 Å². The lowest BCUT2D eigenvalue weighted by Gasteiger charge is -2.36. The molecule has 0 saturated carbocycles. The van der Waals surface area contributed by atoms with Crippen molar-refractivity contribution in [1.82, 2.24) is 10.2 Å². The number of benzene rings is 2. The third-order valence-electron chi connectivity index (χ3n) is 4.46. The van der Waals surface area contributed by atoms with E-state index in [2.05, 4.69) is 28.4 Å². The van der Waals surface area contributed by atoms with Gasteiger partial charge in [-0.25, -0.2) is 4.79 Å². The van der Waals surface area contributed by atoms with Gasteiger partial charge in [0.2, 0.25) is 0 Å². The zero-order chi connectivity index (χ0) is 17.5. The van der Waals surface area contributed by atoms with Gasteiger partial charge in [-0.2, -0.15) is 5.26 Å². The van der Waals surface area contributed by atoms with Gasteiger partial charge in [-0.3, -0.25) is 0 Å². The third-order valence-corrected chi connectivity index (χ3v) is 4.46. The average molecular weight is 334 g/mol. The lowest BCUT2D eigenvalue weighted by molar-refractivity contribution is 0.194. The van der Waals surface area contributed by atoms with Gasteiger partial charge in [0.25, 0.3) is 0 Å². The Morgan fingerprint density at radius 3 is 2.32 bits per heavy atom. The van der Waals surface area contributed by atoms with E-state index in [1.165, 1.54) is 5.56 Å². The van der Waals surface area contributed by atoms with Crippen molar-refractivity contribution in [2.45, 2.75) is 6.42 Å². The zero-order valence-electron chi connectivity index (χ0n) is 14.2. The first-order valence-corrected chi connectivity index (χ1v) is 8.58. The van der Waals surface area contributed by atoms with Crippen LogP contribution < -0.4 is 10.2 Å². The number of nitriles is 1. The van der Waals surface area contributed by atoms with Gasteiger partial charge in [0.05, 0.1) is 11.6 Å². The molecular formula is C20H22N4O. The molecular weight excluding hydrogens is 312 g/mol. The van der Waals surface area contributed by atoms with Crippen LogP contribution in [0.25, 0.3) is 0 Å². The van der Waals surface area contributed by atoms with Gasteiger partial charge in [-0.15, -0.1) is 0 Å². The average Bonchev–Trinajstić information content (AvgIpc) is 2.69. The predicted molar refractivity (Wildman–Crippen MR) is 98.5 cm³/mol. The fraction of sp³-hybridized carbons (Fsp3) is 0.300. The Labute approximate surface area is 148 Å². The van der Waals surface area contributed by atoms with Gasteiger partial charge in [0, 0.05) is 38.4 Å². The first-order valence-electron chi connectivity index (χ1n) is 8.58. The van der Waals surface area contributed by atoms with Gasteiger partial charge >= 0.3 is 6.03 Å². The number of hydrogen-bond acceptors (Lipinski definition) is 3. The molecule has 0 spiro atoms. The van der Waals surface area contributed by atoms with Crippen molar-refractivity contribution < 1.29 is 4.79 Å². The van der Waals surface area contributed by atoms with E-state index < -0.39 is 0 Å². The monoisotopic (exact) mass is 334 g/mol. The van der Waals surface area contributed by atoms with E-state index >= 15 is 0 Å². The maximum absolute atomic E-state index is 12.3. The van der Waals surface area contributed by atoms with E-state index in [0.29, 0.717) is 25.2 Å². The number of carbonyl (C=O) groups excluding carboxylic acids is 1. The molecule has 0 unspecified atom stereocenters. The summed E-state index contributed by atoms with van der Waals surface area (Å²) in [7, 11) is 0. The summed E-state index contributed by atoms with van der Waals surface area (Å²) < 4.78 is 0. The number of piperazine rings is 1. The second kappa shape index (κ2) is 8.20. The van der Waals surface area contributed by atoms with Crippen molar-refractivity contribution in [2.24, 2.45) is 0 Å². The Morgan fingerprint density at radius 2 is 1.68 bits per heavy atom. The Balaban J connectivity index is 1.43. The Morgan fingerprint density at radius 1 is 1.00 bits per heavy atom. The summed E-state index contributed by atoms with van der Waals surface area (Å²) in [4.78, 5) is 16.4. The highest BCUT2D eigenvalue weighted by Gasteiger charge is 2.20. The first kappa shape index (κ1) is 16.8. The molecule has 0 bridgehead atoms. The summed E-state index contributed by atoms with van der Waals surface area (Å²) in [5.41, 5.74) is 3.00. The van der Waals surface area contributed by atoms with Crippen LogP contribution in [0.2, 0.25) is 0 Å². The summed E-state index contributed by atoms with van der Waals surface area (Å²) in [6, 6.07) is 19.9. The van der Waals surface area contributed by atoms with Crippen LogP contribution in [0.3, 0.4) is 0 Å². The Kier molecular flexibility index (Phi) is 5.53. The third kappa shape index (κ3) is 4.51. The molecule has 1 fully saturated rings. The van der Waals surface area contributed by atoms with Crippen LogP contribution >= 0.6 is 0 Å². The van der Waals surface area contributed by atoms with Crippen molar-refractivity contribution in [3.8, 4) is 6.07 Å². The minimum atomic E-state index is 0.00964. The normalized spacial score (nSPS) is 14.0. The van der Waals surface area contributed by atoms with Crippen LogP contribution in [0.4, 0.5) is 10.5 Å². The van der Waals surface area contributed by atoms with Crippen molar-refractivity contribution in [1.29, 1.82) is 5.26 Å². The number of nitrogens with zero attached hydrogens (tertiary/aromatic N) is 3. The number of anilines is 1. The summed E-state index contributed by atoms with van der Waals surface area (Å²) in [5.74, 6) is 0. The van der Waals surface area contributed by atoms with E-state index in [0.717, 1.165) is 25.2 Å². The van der Waals surface area contributed by atoms with E-state index in [1.807, 2.05) is 47.4 Å².